The molecule has 0 N–H and O–H groups in total. The smallest absolute Gasteiger partial charge is 0.100 e. The van der Waals surface area contributed by atoms with Crippen LogP contribution in [0.15, 0.2) is 42.6 Å². The van der Waals surface area contributed by atoms with E-state index in [1.807, 2.05) is 0 Å². The van der Waals surface area contributed by atoms with Crippen LogP contribution in [0, 0.1) is 0 Å². The number of hydrogen-bond donors (Lipinski definition) is 0. The molecule has 3 nitrogen and oxygen atoms in total. The molecule has 0 fully saturated rings. The Labute approximate surface area is 98.1 Å². The van der Waals surface area contributed by atoms with Crippen LogP contribution in [0.3, 0.4) is 0 Å². The van der Waals surface area contributed by atoms with Crippen molar-refractivity contribution >= 4 is 10.9 Å². The van der Waals surface area contributed by atoms with E-state index >= 15 is 0 Å². The van der Waals surface area contributed by atoms with Crippen LogP contribution in [-0.4, -0.2) is 15.4 Å². The second-order valence-corrected chi connectivity index (χ2v) is 4.30. The summed E-state index contributed by atoms with van der Waals surface area (Å²) in [5.74, 6) is 0. The number of benzene rings is 2. The van der Waals surface area contributed by atoms with Gasteiger partial charge in [-0.1, -0.05) is 36.4 Å². The van der Waals surface area contributed by atoms with Gasteiger partial charge in [-0.2, -0.15) is 0 Å². The molecule has 1 heterocycles. The molecule has 3 aromatic rings. The zero-order chi connectivity index (χ0) is 11.2. The minimum absolute atomic E-state index is 0.946. The molecular formula is C14H9N3. The van der Waals surface area contributed by atoms with E-state index in [2.05, 4.69) is 51.8 Å². The van der Waals surface area contributed by atoms with E-state index < -0.39 is 0 Å². The molecule has 0 bridgehead atoms. The summed E-state index contributed by atoms with van der Waals surface area (Å²) in [5.41, 5.74) is 6.23. The molecule has 17 heavy (non-hydrogen) atoms. The summed E-state index contributed by atoms with van der Waals surface area (Å²) in [6.45, 7) is 0. The van der Waals surface area contributed by atoms with Crippen LogP contribution >= 0.6 is 0 Å². The van der Waals surface area contributed by atoms with Crippen molar-refractivity contribution in [2.75, 3.05) is 0 Å². The van der Waals surface area contributed by atoms with Gasteiger partial charge in [-0.25, -0.2) is 0 Å². The Kier molecular flexibility index (Phi) is 1.61. The van der Waals surface area contributed by atoms with Crippen LogP contribution in [-0.2, 0) is 6.42 Å². The van der Waals surface area contributed by atoms with Crippen LogP contribution < -0.4 is 0 Å². The summed E-state index contributed by atoms with van der Waals surface area (Å²) < 4.78 is 0. The van der Waals surface area contributed by atoms with Crippen LogP contribution in [0.2, 0.25) is 0 Å². The number of nitrogens with zero attached hydrogens (tertiary/aromatic N) is 3. The van der Waals surface area contributed by atoms with Crippen LogP contribution in [0.25, 0.3) is 22.0 Å². The topological polar surface area (TPSA) is 38.7 Å². The average molecular weight is 219 g/mol. The second kappa shape index (κ2) is 3.10. The third-order valence-corrected chi connectivity index (χ3v) is 3.38. The van der Waals surface area contributed by atoms with Crippen molar-refractivity contribution in [3.05, 3.63) is 53.7 Å². The van der Waals surface area contributed by atoms with Gasteiger partial charge >= 0.3 is 0 Å². The van der Waals surface area contributed by atoms with Crippen molar-refractivity contribution in [3.63, 3.8) is 0 Å². The van der Waals surface area contributed by atoms with Crippen molar-refractivity contribution in [2.45, 2.75) is 6.42 Å². The summed E-state index contributed by atoms with van der Waals surface area (Å²) in [6.07, 6.45) is 2.72. The third-order valence-electron chi connectivity index (χ3n) is 3.38. The van der Waals surface area contributed by atoms with Gasteiger partial charge in [0.2, 0.25) is 0 Å². The Morgan fingerprint density at radius 3 is 2.88 bits per heavy atom. The Morgan fingerprint density at radius 1 is 0.941 bits per heavy atom. The first-order chi connectivity index (χ1) is 8.43. The highest BCUT2D eigenvalue weighted by Gasteiger charge is 2.20. The van der Waals surface area contributed by atoms with Gasteiger partial charge in [-0.05, 0) is 27.5 Å². The van der Waals surface area contributed by atoms with Crippen molar-refractivity contribution in [2.24, 2.45) is 0 Å². The van der Waals surface area contributed by atoms with Gasteiger partial charge in [-0.15, -0.1) is 10.2 Å². The molecule has 0 radical (unpaired) electrons. The quantitative estimate of drug-likeness (QED) is 0.456. The molecule has 1 aliphatic rings. The molecule has 0 aliphatic heterocycles. The molecule has 1 aromatic heterocycles. The molecule has 0 atom stereocenters. The van der Waals surface area contributed by atoms with Gasteiger partial charge < -0.3 is 0 Å². The third kappa shape index (κ3) is 1.13. The van der Waals surface area contributed by atoms with Crippen LogP contribution in [0.1, 0.15) is 11.1 Å². The maximum absolute atomic E-state index is 4.17. The number of rotatable bonds is 0. The second-order valence-electron chi connectivity index (χ2n) is 4.30. The SMILES string of the molecule is c1ccc2c(c1)Cc1c-2ccc2cnnnc12. The van der Waals surface area contributed by atoms with Gasteiger partial charge in [0, 0.05) is 11.8 Å². The molecule has 4 rings (SSSR count). The van der Waals surface area contributed by atoms with E-state index in [4.69, 9.17) is 0 Å². The highest BCUT2D eigenvalue weighted by molar-refractivity contribution is 5.91. The standard InChI is InChI=1S/C14H9N3/c1-2-4-11-9(3-1)7-13-12(11)6-5-10-8-15-17-16-14(10)13/h1-6,8H,7H2. The highest BCUT2D eigenvalue weighted by Crippen LogP contribution is 2.38. The summed E-state index contributed by atoms with van der Waals surface area (Å²) in [4.78, 5) is 0. The number of hydrogen-bond acceptors (Lipinski definition) is 3. The minimum atomic E-state index is 0.946. The zero-order valence-corrected chi connectivity index (χ0v) is 9.09. The van der Waals surface area contributed by atoms with E-state index in [1.54, 1.807) is 6.20 Å². The molecule has 1 aliphatic carbocycles. The molecule has 0 unspecified atom stereocenters. The van der Waals surface area contributed by atoms with Gasteiger partial charge in [-0.3, -0.25) is 0 Å². The minimum Gasteiger partial charge on any atom is -0.138 e. The average Bonchev–Trinajstić information content (AvgIpc) is 2.78. The Morgan fingerprint density at radius 2 is 1.88 bits per heavy atom. The first kappa shape index (κ1) is 8.82. The lowest BCUT2D eigenvalue weighted by Crippen LogP contribution is -1.92. The predicted molar refractivity (Wildman–Crippen MR) is 65.6 cm³/mol. The van der Waals surface area contributed by atoms with Gasteiger partial charge in [0.1, 0.15) is 5.52 Å². The summed E-state index contributed by atoms with van der Waals surface area (Å²) in [5, 5.41) is 12.8. The number of fused-ring (bicyclic) bond motifs is 5. The Balaban J connectivity index is 2.11. The monoisotopic (exact) mass is 219 g/mol. The fraction of sp³-hybridized carbons (Fsp3) is 0.0714. The molecule has 3 heteroatoms. The fourth-order valence-electron chi connectivity index (χ4n) is 2.59. The molecule has 0 saturated heterocycles. The van der Waals surface area contributed by atoms with E-state index in [9.17, 15) is 0 Å². The lowest BCUT2D eigenvalue weighted by molar-refractivity contribution is 0.892. The summed E-state index contributed by atoms with van der Waals surface area (Å²) in [7, 11) is 0. The molecule has 0 saturated carbocycles. The van der Waals surface area contributed by atoms with Crippen LogP contribution in [0.4, 0.5) is 0 Å². The molecule has 2 aromatic carbocycles. The Bertz CT molecular complexity index is 734. The maximum atomic E-state index is 4.17. The van der Waals surface area contributed by atoms with Crippen molar-refractivity contribution in [3.8, 4) is 11.1 Å². The molecular weight excluding hydrogens is 210 g/mol. The van der Waals surface area contributed by atoms with E-state index in [0.29, 0.717) is 0 Å². The van der Waals surface area contributed by atoms with Crippen molar-refractivity contribution in [1.29, 1.82) is 0 Å². The van der Waals surface area contributed by atoms with Crippen LogP contribution in [0.5, 0.6) is 0 Å². The first-order valence-corrected chi connectivity index (χ1v) is 5.62. The zero-order valence-electron chi connectivity index (χ0n) is 9.09. The van der Waals surface area contributed by atoms with Crippen molar-refractivity contribution in [1.82, 2.24) is 15.4 Å². The van der Waals surface area contributed by atoms with E-state index in [0.717, 1.165) is 17.3 Å². The van der Waals surface area contributed by atoms with E-state index in [-0.39, 0.29) is 0 Å². The summed E-state index contributed by atoms with van der Waals surface area (Å²) in [6, 6.07) is 12.7. The van der Waals surface area contributed by atoms with Crippen molar-refractivity contribution < 1.29 is 0 Å². The van der Waals surface area contributed by atoms with Gasteiger partial charge in [0.15, 0.2) is 0 Å². The van der Waals surface area contributed by atoms with Gasteiger partial charge in [0.05, 0.1) is 6.20 Å². The van der Waals surface area contributed by atoms with E-state index in [1.165, 1.54) is 22.3 Å². The normalized spacial score (nSPS) is 12.5. The predicted octanol–water partition coefficient (Wildman–Crippen LogP) is 2.60. The molecule has 80 valence electrons. The highest BCUT2D eigenvalue weighted by atomic mass is 15.3. The maximum Gasteiger partial charge on any atom is 0.100 e. The molecule has 0 spiro atoms. The Hall–Kier alpha value is -2.29. The lowest BCUT2D eigenvalue weighted by atomic mass is 10.0. The molecule has 0 amide bonds. The lowest BCUT2D eigenvalue weighted by Gasteiger charge is -2.02. The number of aromatic nitrogens is 3. The fourth-order valence-corrected chi connectivity index (χ4v) is 2.59. The largest absolute Gasteiger partial charge is 0.138 e. The first-order valence-electron chi connectivity index (χ1n) is 5.62. The summed E-state index contributed by atoms with van der Waals surface area (Å²) >= 11 is 0. The van der Waals surface area contributed by atoms with Gasteiger partial charge in [0.25, 0.3) is 0 Å².